The third-order valence-electron chi connectivity index (χ3n) is 4.91. The highest BCUT2D eigenvalue weighted by Gasteiger charge is 2.32. The highest BCUT2D eigenvalue weighted by atomic mass is 19.1. The molecule has 1 amide bonds. The predicted molar refractivity (Wildman–Crippen MR) is 102 cm³/mol. The first-order valence-electron chi connectivity index (χ1n) is 8.84. The highest BCUT2D eigenvalue weighted by molar-refractivity contribution is 5.99. The van der Waals surface area contributed by atoms with E-state index in [0.717, 1.165) is 11.3 Å². The van der Waals surface area contributed by atoms with Crippen LogP contribution in [-0.2, 0) is 17.8 Å². The molecule has 0 fully saturated rings. The van der Waals surface area contributed by atoms with Crippen LogP contribution in [0.25, 0.3) is 16.9 Å². The van der Waals surface area contributed by atoms with Gasteiger partial charge in [-0.2, -0.15) is 5.10 Å². The number of rotatable bonds is 3. The second kappa shape index (κ2) is 6.56. The van der Waals surface area contributed by atoms with Crippen molar-refractivity contribution in [3.05, 3.63) is 69.7 Å². The largest absolute Gasteiger partial charge is 0.307 e. The summed E-state index contributed by atoms with van der Waals surface area (Å²) in [6.07, 6.45) is 0.631. The molecule has 142 valence electrons. The number of carbonyl (C=O) groups excluding carboxylic acids is 1. The van der Waals surface area contributed by atoms with Gasteiger partial charge in [0.2, 0.25) is 5.91 Å². The molecule has 0 radical (unpaired) electrons. The van der Waals surface area contributed by atoms with Crippen LogP contribution in [0, 0.1) is 15.9 Å². The van der Waals surface area contributed by atoms with Crippen molar-refractivity contribution in [1.29, 1.82) is 0 Å². The minimum Gasteiger partial charge on any atom is -0.307 e. The molecule has 0 spiro atoms. The number of nitrogens with zero attached hydrogens (tertiary/aromatic N) is 4. The molecule has 3 aromatic rings. The van der Waals surface area contributed by atoms with E-state index in [-0.39, 0.29) is 17.4 Å². The number of anilines is 1. The molecule has 0 unspecified atom stereocenters. The lowest BCUT2D eigenvalue weighted by Gasteiger charge is -2.29. The Hall–Kier alpha value is -3.55. The Labute approximate surface area is 160 Å². The number of amides is 1. The van der Waals surface area contributed by atoms with Crippen LogP contribution in [0.15, 0.2) is 42.5 Å². The molecule has 2 heterocycles. The number of hydrogen-bond acceptors (Lipinski definition) is 4. The van der Waals surface area contributed by atoms with E-state index >= 15 is 0 Å². The van der Waals surface area contributed by atoms with E-state index in [1.807, 2.05) is 6.92 Å². The number of non-ortho nitro benzene ring substituents is 1. The van der Waals surface area contributed by atoms with Crippen LogP contribution >= 0.6 is 0 Å². The zero-order chi connectivity index (χ0) is 20.0. The van der Waals surface area contributed by atoms with Gasteiger partial charge in [0.15, 0.2) is 0 Å². The van der Waals surface area contributed by atoms with Crippen molar-refractivity contribution in [3.8, 4) is 16.9 Å². The fourth-order valence-electron chi connectivity index (χ4n) is 3.58. The molecule has 4 rings (SSSR count). The van der Waals surface area contributed by atoms with Gasteiger partial charge in [0.25, 0.3) is 5.69 Å². The topological polar surface area (TPSA) is 81.3 Å². The van der Waals surface area contributed by atoms with Gasteiger partial charge in [-0.05, 0) is 36.8 Å². The summed E-state index contributed by atoms with van der Waals surface area (Å²) < 4.78 is 15.1. The minimum absolute atomic E-state index is 0.0694. The van der Waals surface area contributed by atoms with Gasteiger partial charge in [-0.1, -0.05) is 6.92 Å². The van der Waals surface area contributed by atoms with Crippen molar-refractivity contribution in [2.75, 3.05) is 4.90 Å². The van der Waals surface area contributed by atoms with E-state index < -0.39 is 4.92 Å². The molecule has 28 heavy (non-hydrogen) atoms. The van der Waals surface area contributed by atoms with E-state index in [9.17, 15) is 19.3 Å². The lowest BCUT2D eigenvalue weighted by atomic mass is 9.96. The van der Waals surface area contributed by atoms with Crippen molar-refractivity contribution >= 4 is 17.3 Å². The van der Waals surface area contributed by atoms with Gasteiger partial charge in [0.05, 0.1) is 34.2 Å². The van der Waals surface area contributed by atoms with Gasteiger partial charge >= 0.3 is 0 Å². The Kier molecular flexibility index (Phi) is 4.18. The number of carbonyl (C=O) groups is 1. The van der Waals surface area contributed by atoms with E-state index in [1.54, 1.807) is 27.8 Å². The van der Waals surface area contributed by atoms with Crippen LogP contribution in [0.4, 0.5) is 15.8 Å². The fraction of sp³-hybridized carbons (Fsp3) is 0.200. The Bertz CT molecular complexity index is 1110. The Morgan fingerprint density at radius 2 is 1.96 bits per heavy atom. The third-order valence-corrected chi connectivity index (χ3v) is 4.91. The first-order chi connectivity index (χ1) is 13.4. The molecule has 0 N–H and O–H groups in total. The smallest absolute Gasteiger partial charge is 0.270 e. The lowest BCUT2D eigenvalue weighted by Crippen LogP contribution is -2.31. The average molecular weight is 380 g/mol. The van der Waals surface area contributed by atoms with Crippen molar-refractivity contribution in [1.82, 2.24) is 9.78 Å². The van der Waals surface area contributed by atoms with Crippen LogP contribution in [0.1, 0.15) is 25.1 Å². The monoisotopic (exact) mass is 380 g/mol. The summed E-state index contributed by atoms with van der Waals surface area (Å²) in [4.78, 5) is 24.7. The number of fused-ring (bicyclic) bond motifs is 3. The quantitative estimate of drug-likeness (QED) is 0.508. The third kappa shape index (κ3) is 2.74. The van der Waals surface area contributed by atoms with Gasteiger partial charge in [-0.15, -0.1) is 0 Å². The summed E-state index contributed by atoms with van der Waals surface area (Å²) in [5.41, 5.74) is 4.06. The highest BCUT2D eigenvalue weighted by Crippen LogP contribution is 2.43. The number of nitro groups is 1. The van der Waals surface area contributed by atoms with Gasteiger partial charge in [0.1, 0.15) is 5.82 Å². The van der Waals surface area contributed by atoms with Gasteiger partial charge in [-0.3, -0.25) is 14.9 Å². The second-order valence-corrected chi connectivity index (χ2v) is 6.58. The minimum atomic E-state index is -0.466. The van der Waals surface area contributed by atoms with Crippen molar-refractivity contribution < 1.29 is 14.1 Å². The Morgan fingerprint density at radius 1 is 1.25 bits per heavy atom. The van der Waals surface area contributed by atoms with Gasteiger partial charge in [-0.25, -0.2) is 9.07 Å². The molecule has 1 aromatic heterocycles. The summed E-state index contributed by atoms with van der Waals surface area (Å²) in [7, 11) is 0. The van der Waals surface area contributed by atoms with E-state index in [2.05, 4.69) is 5.10 Å². The summed E-state index contributed by atoms with van der Waals surface area (Å²) in [5.74, 6) is -0.517. The number of nitro benzene ring substituents is 1. The molecule has 2 aromatic carbocycles. The van der Waals surface area contributed by atoms with Gasteiger partial charge in [0, 0.05) is 30.2 Å². The van der Waals surface area contributed by atoms with E-state index in [1.165, 1.54) is 31.2 Å². The zero-order valence-electron chi connectivity index (χ0n) is 15.3. The van der Waals surface area contributed by atoms with Crippen LogP contribution in [-0.4, -0.2) is 20.6 Å². The number of aromatic nitrogens is 2. The molecular formula is C20H17FN4O3. The first-order valence-corrected chi connectivity index (χ1v) is 8.84. The number of aryl methyl sites for hydroxylation is 1. The maximum Gasteiger partial charge on any atom is 0.270 e. The molecule has 0 aliphatic carbocycles. The Balaban J connectivity index is 2.03. The van der Waals surface area contributed by atoms with Crippen LogP contribution in [0.3, 0.4) is 0 Å². The molecule has 7 nitrogen and oxygen atoms in total. The number of benzene rings is 2. The maximum absolute atomic E-state index is 13.4. The normalized spacial score (nSPS) is 12.5. The summed E-state index contributed by atoms with van der Waals surface area (Å²) in [5, 5.41) is 16.0. The SMILES string of the molecule is CCc1nn(-c2ccc(F)cc2)c2c1CN(C(C)=O)c1ccc([N+](=O)[O-])cc1-2. The molecule has 1 aliphatic heterocycles. The zero-order valence-corrected chi connectivity index (χ0v) is 15.3. The summed E-state index contributed by atoms with van der Waals surface area (Å²) in [6, 6.07) is 10.3. The van der Waals surface area contributed by atoms with Crippen molar-refractivity contribution in [2.24, 2.45) is 0 Å². The van der Waals surface area contributed by atoms with Crippen molar-refractivity contribution in [3.63, 3.8) is 0 Å². The summed E-state index contributed by atoms with van der Waals surface area (Å²) in [6.45, 7) is 3.75. The molecule has 0 atom stereocenters. The second-order valence-electron chi connectivity index (χ2n) is 6.58. The lowest BCUT2D eigenvalue weighted by molar-refractivity contribution is -0.384. The van der Waals surface area contributed by atoms with Crippen LogP contribution in [0.5, 0.6) is 0 Å². The molecule has 0 saturated heterocycles. The Morgan fingerprint density at radius 3 is 2.57 bits per heavy atom. The molecular weight excluding hydrogens is 363 g/mol. The standard InChI is InChI=1S/C20H17FN4O3/c1-3-18-17-11-23(12(2)26)19-9-8-15(25(27)28)10-16(19)20(17)24(22-18)14-6-4-13(21)5-7-14/h4-10H,3,11H2,1-2H3. The first kappa shape index (κ1) is 17.8. The number of halogens is 1. The summed E-state index contributed by atoms with van der Waals surface area (Å²) >= 11 is 0. The average Bonchev–Trinajstić information content (AvgIpc) is 3.06. The van der Waals surface area contributed by atoms with Gasteiger partial charge < -0.3 is 4.90 Å². The molecule has 1 aliphatic rings. The van der Waals surface area contributed by atoms with E-state index in [4.69, 9.17) is 0 Å². The van der Waals surface area contributed by atoms with Crippen molar-refractivity contribution in [2.45, 2.75) is 26.8 Å². The maximum atomic E-state index is 13.4. The molecule has 8 heteroatoms. The number of hydrogen-bond donors (Lipinski definition) is 0. The molecule has 0 bridgehead atoms. The van der Waals surface area contributed by atoms with Crippen LogP contribution in [0.2, 0.25) is 0 Å². The fourth-order valence-corrected chi connectivity index (χ4v) is 3.58. The van der Waals surface area contributed by atoms with Crippen LogP contribution < -0.4 is 4.90 Å². The van der Waals surface area contributed by atoms with E-state index in [0.29, 0.717) is 35.6 Å². The molecule has 0 saturated carbocycles. The predicted octanol–water partition coefficient (Wildman–Crippen LogP) is 4.02.